The highest BCUT2D eigenvalue weighted by Crippen LogP contribution is 2.32. The van der Waals surface area contributed by atoms with Crippen LogP contribution < -0.4 is 20.9 Å². The lowest BCUT2D eigenvalue weighted by Gasteiger charge is -2.37. The molecular formula is C32H32ClN5O6. The van der Waals surface area contributed by atoms with Gasteiger partial charge in [-0.15, -0.1) is 0 Å². The number of piperidine rings is 2. The van der Waals surface area contributed by atoms with Gasteiger partial charge in [-0.25, -0.2) is 0 Å². The van der Waals surface area contributed by atoms with Crippen molar-refractivity contribution in [3.05, 3.63) is 92.4 Å². The van der Waals surface area contributed by atoms with Gasteiger partial charge in [0.1, 0.15) is 23.4 Å². The number of pyridine rings is 1. The van der Waals surface area contributed by atoms with Gasteiger partial charge in [-0.2, -0.15) is 0 Å². The van der Waals surface area contributed by atoms with Crippen molar-refractivity contribution >= 4 is 40.9 Å². The zero-order valence-corrected chi connectivity index (χ0v) is 25.1. The number of nitrogens with one attached hydrogen (secondary N) is 2. The van der Waals surface area contributed by atoms with Crippen LogP contribution in [0.3, 0.4) is 0 Å². The van der Waals surface area contributed by atoms with Crippen LogP contribution in [0.5, 0.6) is 5.75 Å². The lowest BCUT2D eigenvalue weighted by Crippen LogP contribution is -2.54. The summed E-state index contributed by atoms with van der Waals surface area (Å²) >= 11 is 6.31. The molecule has 3 unspecified atom stereocenters. The van der Waals surface area contributed by atoms with Crippen molar-refractivity contribution in [2.45, 2.75) is 43.9 Å². The zero-order chi connectivity index (χ0) is 31.1. The summed E-state index contributed by atoms with van der Waals surface area (Å²) in [5, 5.41) is 5.85. The minimum absolute atomic E-state index is 0.0663. The van der Waals surface area contributed by atoms with E-state index in [-0.39, 0.29) is 53.1 Å². The predicted molar refractivity (Wildman–Crippen MR) is 163 cm³/mol. The van der Waals surface area contributed by atoms with Crippen molar-refractivity contribution in [1.29, 1.82) is 0 Å². The summed E-state index contributed by atoms with van der Waals surface area (Å²) in [6.07, 6.45) is 2.75. The van der Waals surface area contributed by atoms with E-state index in [2.05, 4.69) is 34.7 Å². The largest absolute Gasteiger partial charge is 0.489 e. The molecule has 2 N–H and O–H groups in total. The van der Waals surface area contributed by atoms with Crippen molar-refractivity contribution < 1.29 is 23.9 Å². The van der Waals surface area contributed by atoms with Crippen LogP contribution in [-0.2, 0) is 23.2 Å². The summed E-state index contributed by atoms with van der Waals surface area (Å²) in [6, 6.07) is 13.8. The monoisotopic (exact) mass is 617 g/mol. The molecule has 12 heteroatoms. The highest BCUT2D eigenvalue weighted by atomic mass is 35.5. The number of imide groups is 2. The van der Waals surface area contributed by atoms with Gasteiger partial charge in [0, 0.05) is 38.8 Å². The molecule has 228 valence electrons. The molecule has 3 aliphatic rings. The number of hydrogen-bond acceptors (Lipinski definition) is 8. The third kappa shape index (κ3) is 5.72. The predicted octanol–water partition coefficient (Wildman–Crippen LogP) is 2.92. The number of nitrogens with zero attached hydrogens (tertiary/aromatic N) is 3. The number of carbonyl (C=O) groups excluding carboxylic acids is 4. The molecule has 6 rings (SSSR count). The van der Waals surface area contributed by atoms with E-state index in [9.17, 15) is 24.0 Å². The zero-order valence-electron chi connectivity index (χ0n) is 24.3. The first-order valence-electron chi connectivity index (χ1n) is 14.5. The average Bonchev–Trinajstić information content (AvgIpc) is 3.25. The van der Waals surface area contributed by atoms with Gasteiger partial charge in [-0.3, -0.25) is 34.2 Å². The fourth-order valence-corrected chi connectivity index (χ4v) is 6.44. The van der Waals surface area contributed by atoms with Gasteiger partial charge in [0.05, 0.1) is 16.8 Å². The molecule has 0 spiro atoms. The smallest absolute Gasteiger partial charge is 0.271 e. The highest BCUT2D eigenvalue weighted by molar-refractivity contribution is 6.33. The quantitative estimate of drug-likeness (QED) is 0.387. The Bertz CT molecular complexity index is 1720. The third-order valence-corrected chi connectivity index (χ3v) is 8.84. The van der Waals surface area contributed by atoms with E-state index in [4.69, 9.17) is 16.3 Å². The van der Waals surface area contributed by atoms with Crippen LogP contribution in [0.2, 0.25) is 5.02 Å². The molecule has 0 aliphatic carbocycles. The molecule has 2 saturated heterocycles. The van der Waals surface area contributed by atoms with Crippen LogP contribution in [0.15, 0.2) is 59.5 Å². The second-order valence-corrected chi connectivity index (χ2v) is 12.0. The number of hydrogen-bond donors (Lipinski definition) is 2. The summed E-state index contributed by atoms with van der Waals surface area (Å²) in [6.45, 7) is 1.98. The molecule has 3 aromatic rings. The van der Waals surface area contributed by atoms with E-state index in [1.54, 1.807) is 19.3 Å². The SMILES string of the molecule is CN1CC(Nc2ccn(C)c(=O)c2Cl)CC(c2ccc(COc3ccc4c(c3)C(=O)N(C3CCC(=O)NC3=O)C4=O)cc2)C1. The molecule has 0 radical (unpaired) electrons. The first-order valence-corrected chi connectivity index (χ1v) is 14.8. The Balaban J connectivity index is 1.08. The number of likely N-dealkylation sites (N-methyl/N-ethyl adjacent to an activating group) is 1. The molecule has 1 aromatic heterocycles. The Hall–Kier alpha value is -4.48. The van der Waals surface area contributed by atoms with Crippen LogP contribution in [0, 0.1) is 0 Å². The first-order chi connectivity index (χ1) is 21.1. The second kappa shape index (κ2) is 11.9. The molecule has 44 heavy (non-hydrogen) atoms. The average molecular weight is 618 g/mol. The number of amides is 4. The Kier molecular flexibility index (Phi) is 8.00. The molecule has 0 bridgehead atoms. The maximum absolute atomic E-state index is 13.1. The number of benzene rings is 2. The molecule has 4 amide bonds. The number of carbonyl (C=O) groups is 4. The minimum Gasteiger partial charge on any atom is -0.489 e. The van der Waals surface area contributed by atoms with Crippen LogP contribution in [-0.4, -0.2) is 70.2 Å². The van der Waals surface area contributed by atoms with Gasteiger partial charge in [0.25, 0.3) is 17.4 Å². The summed E-state index contributed by atoms with van der Waals surface area (Å²) in [4.78, 5) is 65.3. The van der Waals surface area contributed by atoms with Gasteiger partial charge in [-0.1, -0.05) is 35.9 Å². The van der Waals surface area contributed by atoms with E-state index in [0.29, 0.717) is 11.4 Å². The van der Waals surface area contributed by atoms with E-state index in [1.807, 2.05) is 18.2 Å². The fraction of sp³-hybridized carbons (Fsp3) is 0.344. The molecule has 2 aromatic carbocycles. The van der Waals surface area contributed by atoms with Gasteiger partial charge >= 0.3 is 0 Å². The first kappa shape index (κ1) is 29.6. The normalized spacial score (nSPS) is 22.2. The lowest BCUT2D eigenvalue weighted by molar-refractivity contribution is -0.136. The minimum atomic E-state index is -1.01. The topological polar surface area (TPSA) is 130 Å². The van der Waals surface area contributed by atoms with E-state index >= 15 is 0 Å². The van der Waals surface area contributed by atoms with Crippen LogP contribution in [0.25, 0.3) is 0 Å². The number of rotatable bonds is 7. The standard InChI is InChI=1S/C32H32ClN5O6/c1-36-15-20(13-21(16-36)34-25-11-12-37(2)32(43)28(25)33)19-5-3-18(4-6-19)17-44-22-7-8-23-24(14-22)31(42)38(30(23)41)26-9-10-27(39)35-29(26)40/h3-8,11-12,14,20-21,26,34H,9-10,13,15-17H2,1-2H3,(H,35,39,40). The maximum Gasteiger partial charge on any atom is 0.271 e. The van der Waals surface area contributed by atoms with Crippen molar-refractivity contribution in [1.82, 2.24) is 19.7 Å². The molecule has 0 saturated carbocycles. The lowest BCUT2D eigenvalue weighted by atomic mass is 9.88. The van der Waals surface area contributed by atoms with Crippen LogP contribution in [0.4, 0.5) is 5.69 Å². The van der Waals surface area contributed by atoms with Gasteiger partial charge in [0.15, 0.2) is 0 Å². The summed E-state index contributed by atoms with van der Waals surface area (Å²) in [5.41, 5.74) is 2.92. The molecule has 3 aliphatic heterocycles. The molecule has 2 fully saturated rings. The Morgan fingerprint density at radius 2 is 1.70 bits per heavy atom. The number of ether oxygens (including phenoxy) is 1. The van der Waals surface area contributed by atoms with Crippen LogP contribution in [0.1, 0.15) is 57.0 Å². The molecule has 4 heterocycles. The third-order valence-electron chi connectivity index (χ3n) is 8.47. The fourth-order valence-electron chi connectivity index (χ4n) is 6.19. The van der Waals surface area contributed by atoms with Crippen molar-refractivity contribution in [3.63, 3.8) is 0 Å². The molecular weight excluding hydrogens is 586 g/mol. The maximum atomic E-state index is 13.1. The summed E-state index contributed by atoms with van der Waals surface area (Å²) in [5.74, 6) is -1.48. The number of aryl methyl sites for hydroxylation is 1. The van der Waals surface area contributed by atoms with Crippen molar-refractivity contribution in [3.8, 4) is 5.75 Å². The van der Waals surface area contributed by atoms with Gasteiger partial charge < -0.3 is 19.5 Å². The highest BCUT2D eigenvalue weighted by Gasteiger charge is 2.44. The Labute approximate surface area is 258 Å². The number of anilines is 1. The summed E-state index contributed by atoms with van der Waals surface area (Å²) in [7, 11) is 3.75. The van der Waals surface area contributed by atoms with Gasteiger partial charge in [-0.05, 0) is 61.2 Å². The number of aromatic nitrogens is 1. The molecule has 11 nitrogen and oxygen atoms in total. The van der Waals surface area contributed by atoms with E-state index in [1.165, 1.54) is 22.3 Å². The van der Waals surface area contributed by atoms with Crippen molar-refractivity contribution in [2.24, 2.45) is 7.05 Å². The van der Waals surface area contributed by atoms with Crippen LogP contribution >= 0.6 is 11.6 Å². The number of fused-ring (bicyclic) bond motifs is 1. The van der Waals surface area contributed by atoms with Crippen molar-refractivity contribution in [2.75, 3.05) is 25.5 Å². The van der Waals surface area contributed by atoms with E-state index in [0.717, 1.165) is 30.0 Å². The summed E-state index contributed by atoms with van der Waals surface area (Å²) < 4.78 is 7.42. The van der Waals surface area contributed by atoms with E-state index < -0.39 is 29.7 Å². The number of likely N-dealkylation sites (tertiary alicyclic amines) is 1. The Morgan fingerprint density at radius 1 is 0.955 bits per heavy atom. The number of halogens is 1. The second-order valence-electron chi connectivity index (χ2n) is 11.6. The molecule has 3 atom stereocenters. The van der Waals surface area contributed by atoms with Gasteiger partial charge in [0.2, 0.25) is 11.8 Å². The Morgan fingerprint density at radius 3 is 2.45 bits per heavy atom.